The highest BCUT2D eigenvalue weighted by atomic mass is 16.6. The van der Waals surface area contributed by atoms with E-state index in [0.717, 1.165) is 11.1 Å². The van der Waals surface area contributed by atoms with Gasteiger partial charge < -0.3 is 18.9 Å². The van der Waals surface area contributed by atoms with Crippen LogP contribution in [0.4, 0.5) is 4.79 Å². The lowest BCUT2D eigenvalue weighted by Gasteiger charge is -2.31. The zero-order chi connectivity index (χ0) is 25.9. The summed E-state index contributed by atoms with van der Waals surface area (Å²) in [6, 6.07) is 17.1. The van der Waals surface area contributed by atoms with Gasteiger partial charge in [0.25, 0.3) is 0 Å². The van der Waals surface area contributed by atoms with Gasteiger partial charge in [0.2, 0.25) is 5.54 Å². The minimum Gasteiger partial charge on any atom is -0.489 e. The van der Waals surface area contributed by atoms with Crippen LogP contribution in [0.2, 0.25) is 0 Å². The first kappa shape index (κ1) is 27.7. The van der Waals surface area contributed by atoms with Crippen LogP contribution in [0, 0.1) is 0 Å². The van der Waals surface area contributed by atoms with Crippen LogP contribution in [0.25, 0.3) is 0 Å². The van der Waals surface area contributed by atoms with Gasteiger partial charge >= 0.3 is 18.0 Å². The standard InChI is InChI=1S/C27H35NO7/c1-6-32-23(29)27(24(30)33-7-2,28-25(31)35-26(3,4)5)18-17-20-13-15-22(16-14-20)34-19-21-11-9-8-10-12-21/h8-16H,6-7,17-19H2,1-5H3,(H,28,31). The Morgan fingerprint density at radius 1 is 0.800 bits per heavy atom. The number of esters is 2. The van der Waals surface area contributed by atoms with Crippen molar-refractivity contribution in [3.63, 3.8) is 0 Å². The molecule has 0 aliphatic heterocycles. The fraction of sp³-hybridized carbons (Fsp3) is 0.444. The third-order valence-electron chi connectivity index (χ3n) is 4.92. The predicted molar refractivity (Wildman–Crippen MR) is 131 cm³/mol. The molecule has 0 heterocycles. The summed E-state index contributed by atoms with van der Waals surface area (Å²) < 4.78 is 21.4. The summed E-state index contributed by atoms with van der Waals surface area (Å²) >= 11 is 0. The summed E-state index contributed by atoms with van der Waals surface area (Å²) in [4.78, 5) is 38.5. The molecule has 190 valence electrons. The third-order valence-corrected chi connectivity index (χ3v) is 4.92. The van der Waals surface area contributed by atoms with Gasteiger partial charge in [-0.05, 0) is 70.7 Å². The zero-order valence-corrected chi connectivity index (χ0v) is 21.1. The predicted octanol–water partition coefficient (Wildman–Crippen LogP) is 4.59. The molecule has 8 heteroatoms. The number of hydrogen-bond acceptors (Lipinski definition) is 7. The summed E-state index contributed by atoms with van der Waals surface area (Å²) in [6.45, 7) is 8.80. The molecule has 0 aliphatic rings. The Hall–Kier alpha value is -3.55. The summed E-state index contributed by atoms with van der Waals surface area (Å²) in [7, 11) is 0. The number of nitrogens with one attached hydrogen (secondary N) is 1. The molecular weight excluding hydrogens is 450 g/mol. The Morgan fingerprint density at radius 3 is 1.89 bits per heavy atom. The maximum absolute atomic E-state index is 13.0. The van der Waals surface area contributed by atoms with Crippen molar-refractivity contribution in [2.75, 3.05) is 13.2 Å². The molecule has 0 aliphatic carbocycles. The van der Waals surface area contributed by atoms with Crippen molar-refractivity contribution in [3.05, 3.63) is 65.7 Å². The molecule has 35 heavy (non-hydrogen) atoms. The summed E-state index contributed by atoms with van der Waals surface area (Å²) in [6.07, 6.45) is -0.705. The number of benzene rings is 2. The van der Waals surface area contributed by atoms with E-state index >= 15 is 0 Å². The van der Waals surface area contributed by atoms with E-state index in [4.69, 9.17) is 18.9 Å². The van der Waals surface area contributed by atoms with Crippen molar-refractivity contribution in [1.82, 2.24) is 5.32 Å². The normalized spacial score (nSPS) is 11.3. The molecule has 0 atom stereocenters. The molecule has 1 amide bonds. The number of ether oxygens (including phenoxy) is 4. The van der Waals surface area contributed by atoms with E-state index in [9.17, 15) is 14.4 Å². The summed E-state index contributed by atoms with van der Waals surface area (Å²) in [5.74, 6) is -1.11. The number of carbonyl (C=O) groups excluding carboxylic acids is 3. The van der Waals surface area contributed by atoms with Gasteiger partial charge in [-0.2, -0.15) is 0 Å². The number of hydrogen-bond donors (Lipinski definition) is 1. The molecule has 2 aromatic carbocycles. The molecule has 0 radical (unpaired) electrons. The number of amides is 1. The molecule has 0 fully saturated rings. The van der Waals surface area contributed by atoms with Gasteiger partial charge in [0.05, 0.1) is 13.2 Å². The van der Waals surface area contributed by atoms with Crippen LogP contribution in [0.1, 0.15) is 52.2 Å². The first-order valence-corrected chi connectivity index (χ1v) is 11.7. The molecule has 0 saturated carbocycles. The van der Waals surface area contributed by atoms with Crippen LogP contribution in [0.3, 0.4) is 0 Å². The van der Waals surface area contributed by atoms with E-state index in [1.807, 2.05) is 54.6 Å². The van der Waals surface area contributed by atoms with Gasteiger partial charge in [0.15, 0.2) is 0 Å². The Kier molecular flexibility index (Phi) is 10.1. The lowest BCUT2D eigenvalue weighted by molar-refractivity contribution is -0.166. The number of carbonyl (C=O) groups is 3. The van der Waals surface area contributed by atoms with Crippen LogP contribution in [0.15, 0.2) is 54.6 Å². The molecule has 1 N–H and O–H groups in total. The van der Waals surface area contributed by atoms with E-state index < -0.39 is 29.2 Å². The van der Waals surface area contributed by atoms with Gasteiger partial charge in [0.1, 0.15) is 18.0 Å². The monoisotopic (exact) mass is 485 g/mol. The van der Waals surface area contributed by atoms with Crippen LogP contribution in [-0.2, 0) is 36.8 Å². The van der Waals surface area contributed by atoms with Crippen molar-refractivity contribution in [2.24, 2.45) is 0 Å². The second-order valence-electron chi connectivity index (χ2n) is 8.89. The van der Waals surface area contributed by atoms with Crippen molar-refractivity contribution in [3.8, 4) is 5.75 Å². The Labute approximate surface area is 206 Å². The van der Waals surface area contributed by atoms with E-state index in [1.165, 1.54) is 0 Å². The molecule has 8 nitrogen and oxygen atoms in total. The highest BCUT2D eigenvalue weighted by molar-refractivity contribution is 6.07. The second kappa shape index (κ2) is 12.8. The quantitative estimate of drug-likeness (QED) is 0.282. The molecule has 0 saturated heterocycles. The van der Waals surface area contributed by atoms with Crippen molar-refractivity contribution < 1.29 is 33.3 Å². The maximum atomic E-state index is 13.0. The van der Waals surface area contributed by atoms with Gasteiger partial charge in [-0.15, -0.1) is 0 Å². The van der Waals surface area contributed by atoms with Crippen LogP contribution < -0.4 is 10.1 Å². The fourth-order valence-corrected chi connectivity index (χ4v) is 3.26. The highest BCUT2D eigenvalue weighted by Crippen LogP contribution is 2.22. The van der Waals surface area contributed by atoms with Crippen LogP contribution in [0.5, 0.6) is 5.75 Å². The van der Waals surface area contributed by atoms with Crippen molar-refractivity contribution in [2.45, 2.75) is 65.2 Å². The van der Waals surface area contributed by atoms with Gasteiger partial charge in [-0.25, -0.2) is 14.4 Å². The fourth-order valence-electron chi connectivity index (χ4n) is 3.26. The van der Waals surface area contributed by atoms with Crippen LogP contribution >= 0.6 is 0 Å². The SMILES string of the molecule is CCOC(=O)C(CCc1ccc(OCc2ccccc2)cc1)(NC(=O)OC(C)(C)C)C(=O)OCC. The molecule has 0 spiro atoms. The second-order valence-corrected chi connectivity index (χ2v) is 8.89. The third kappa shape index (κ3) is 8.63. The zero-order valence-electron chi connectivity index (χ0n) is 21.1. The topological polar surface area (TPSA) is 100 Å². The Bertz CT molecular complexity index is 947. The van der Waals surface area contributed by atoms with Gasteiger partial charge in [-0.1, -0.05) is 42.5 Å². The van der Waals surface area contributed by atoms with E-state index in [0.29, 0.717) is 12.4 Å². The van der Waals surface area contributed by atoms with E-state index in [1.54, 1.807) is 34.6 Å². The first-order valence-electron chi connectivity index (χ1n) is 11.7. The van der Waals surface area contributed by atoms with E-state index in [2.05, 4.69) is 5.32 Å². The summed E-state index contributed by atoms with van der Waals surface area (Å²) in [5, 5.41) is 2.44. The van der Waals surface area contributed by atoms with E-state index in [-0.39, 0.29) is 26.1 Å². The minimum atomic E-state index is -2.04. The molecule has 2 rings (SSSR count). The number of rotatable bonds is 11. The maximum Gasteiger partial charge on any atom is 0.409 e. The average Bonchev–Trinajstić information content (AvgIpc) is 2.81. The van der Waals surface area contributed by atoms with Crippen molar-refractivity contribution in [1.29, 1.82) is 0 Å². The van der Waals surface area contributed by atoms with Gasteiger partial charge in [0, 0.05) is 0 Å². The highest BCUT2D eigenvalue weighted by Gasteiger charge is 2.51. The summed E-state index contributed by atoms with van der Waals surface area (Å²) in [5.41, 5.74) is -0.981. The molecule has 2 aromatic rings. The number of aryl methyl sites for hydroxylation is 1. The minimum absolute atomic E-state index is 0.0312. The first-order chi connectivity index (χ1) is 16.6. The van der Waals surface area contributed by atoms with Crippen molar-refractivity contribution >= 4 is 18.0 Å². The Morgan fingerprint density at radius 2 is 1.37 bits per heavy atom. The lowest BCUT2D eigenvalue weighted by Crippen LogP contribution is -2.62. The molecule has 0 unspecified atom stereocenters. The van der Waals surface area contributed by atoms with Crippen LogP contribution in [-0.4, -0.2) is 42.4 Å². The van der Waals surface area contributed by atoms with Gasteiger partial charge in [-0.3, -0.25) is 5.32 Å². The smallest absolute Gasteiger partial charge is 0.409 e. The number of alkyl carbamates (subject to hydrolysis) is 1. The molecule has 0 aromatic heterocycles. The molecule has 0 bridgehead atoms. The molecular formula is C27H35NO7. The largest absolute Gasteiger partial charge is 0.489 e. The lowest BCUT2D eigenvalue weighted by atomic mass is 9.91. The average molecular weight is 486 g/mol. The Balaban J connectivity index is 2.18.